The van der Waals surface area contributed by atoms with Gasteiger partial charge in [-0.05, 0) is 36.6 Å². The normalized spacial score (nSPS) is 11.2. The number of para-hydroxylation sites is 2. The third kappa shape index (κ3) is 3.06. The van der Waals surface area contributed by atoms with Gasteiger partial charge in [-0.1, -0.05) is 23.9 Å². The summed E-state index contributed by atoms with van der Waals surface area (Å²) >= 11 is 3.17. The number of rotatable bonds is 4. The molecule has 4 rings (SSSR count). The molecule has 8 heteroatoms. The van der Waals surface area contributed by atoms with E-state index >= 15 is 0 Å². The Morgan fingerprint density at radius 1 is 1.32 bits per heavy atom. The maximum atomic E-state index is 12.3. The number of fused-ring (bicyclic) bond motifs is 2. The van der Waals surface area contributed by atoms with Gasteiger partial charge in [0, 0.05) is 5.69 Å². The molecule has 0 fully saturated rings. The highest BCUT2D eigenvalue weighted by Gasteiger charge is 2.13. The minimum atomic E-state index is -0.543. The van der Waals surface area contributed by atoms with Crippen LogP contribution in [0.25, 0.3) is 21.3 Å². The van der Waals surface area contributed by atoms with Crippen molar-refractivity contribution in [2.24, 2.45) is 0 Å². The number of anilines is 1. The molecule has 126 valence electrons. The molecule has 0 unspecified atom stereocenters. The molecule has 0 atom stereocenters. The van der Waals surface area contributed by atoms with Crippen LogP contribution in [0.4, 0.5) is 5.69 Å². The zero-order chi connectivity index (χ0) is 17.4. The zero-order valence-electron chi connectivity index (χ0n) is 13.2. The SMILES string of the molecule is CSc1nc2ccc(NC(=O)Cn3c(=O)oc4ccccc43)cc2s1. The number of carbonyl (C=O) groups excluding carboxylic acids is 1. The van der Waals surface area contributed by atoms with Crippen LogP contribution < -0.4 is 11.1 Å². The Morgan fingerprint density at radius 3 is 3.00 bits per heavy atom. The number of thiazole rings is 1. The summed E-state index contributed by atoms with van der Waals surface area (Å²) in [5.74, 6) is -0.832. The van der Waals surface area contributed by atoms with E-state index in [0.717, 1.165) is 14.6 Å². The van der Waals surface area contributed by atoms with Crippen molar-refractivity contribution in [2.75, 3.05) is 11.6 Å². The van der Waals surface area contributed by atoms with E-state index in [1.54, 1.807) is 53.4 Å². The predicted molar refractivity (Wildman–Crippen MR) is 101 cm³/mol. The van der Waals surface area contributed by atoms with Gasteiger partial charge in [-0.3, -0.25) is 9.36 Å². The van der Waals surface area contributed by atoms with E-state index in [0.29, 0.717) is 16.8 Å². The van der Waals surface area contributed by atoms with Crippen molar-refractivity contribution in [3.05, 3.63) is 53.0 Å². The summed E-state index contributed by atoms with van der Waals surface area (Å²) in [5, 5.41) is 2.82. The van der Waals surface area contributed by atoms with Crippen LogP contribution in [-0.4, -0.2) is 21.7 Å². The van der Waals surface area contributed by atoms with E-state index in [1.807, 2.05) is 18.4 Å². The molecule has 0 saturated heterocycles. The molecule has 25 heavy (non-hydrogen) atoms. The summed E-state index contributed by atoms with van der Waals surface area (Å²) in [7, 11) is 0. The van der Waals surface area contributed by atoms with Gasteiger partial charge >= 0.3 is 5.76 Å². The summed E-state index contributed by atoms with van der Waals surface area (Å²) in [4.78, 5) is 28.8. The summed E-state index contributed by atoms with van der Waals surface area (Å²) in [6, 6.07) is 12.6. The molecule has 4 aromatic rings. The van der Waals surface area contributed by atoms with Crippen molar-refractivity contribution in [3.8, 4) is 0 Å². The lowest BCUT2D eigenvalue weighted by Gasteiger charge is -2.05. The molecule has 2 heterocycles. The largest absolute Gasteiger partial charge is 0.420 e. The van der Waals surface area contributed by atoms with E-state index in [4.69, 9.17) is 4.42 Å². The number of amides is 1. The lowest BCUT2D eigenvalue weighted by atomic mass is 10.3. The first kappa shape index (κ1) is 15.9. The lowest BCUT2D eigenvalue weighted by Crippen LogP contribution is -2.24. The van der Waals surface area contributed by atoms with E-state index in [1.165, 1.54) is 4.57 Å². The first-order valence-corrected chi connectivity index (χ1v) is 9.51. The van der Waals surface area contributed by atoms with Crippen LogP contribution in [0.2, 0.25) is 0 Å². The summed E-state index contributed by atoms with van der Waals surface area (Å²) in [5.41, 5.74) is 2.65. The van der Waals surface area contributed by atoms with Crippen LogP contribution in [-0.2, 0) is 11.3 Å². The highest BCUT2D eigenvalue weighted by molar-refractivity contribution is 8.00. The van der Waals surface area contributed by atoms with Crippen LogP contribution in [0.5, 0.6) is 0 Å². The van der Waals surface area contributed by atoms with Crippen molar-refractivity contribution in [1.82, 2.24) is 9.55 Å². The van der Waals surface area contributed by atoms with Crippen molar-refractivity contribution in [3.63, 3.8) is 0 Å². The Labute approximate surface area is 150 Å². The van der Waals surface area contributed by atoms with E-state index in [2.05, 4.69) is 10.3 Å². The molecule has 2 aromatic carbocycles. The third-order valence-electron chi connectivity index (χ3n) is 3.70. The van der Waals surface area contributed by atoms with Gasteiger partial charge in [0.2, 0.25) is 5.91 Å². The lowest BCUT2D eigenvalue weighted by molar-refractivity contribution is -0.116. The average Bonchev–Trinajstić information content (AvgIpc) is 3.15. The predicted octanol–water partition coefficient (Wildman–Crippen LogP) is 3.56. The number of hydrogen-bond acceptors (Lipinski definition) is 6. The Balaban J connectivity index is 1.57. The molecule has 0 aliphatic carbocycles. The van der Waals surface area contributed by atoms with E-state index < -0.39 is 5.76 Å². The summed E-state index contributed by atoms with van der Waals surface area (Å²) in [6.07, 6.45) is 1.98. The smallest absolute Gasteiger partial charge is 0.408 e. The van der Waals surface area contributed by atoms with Crippen LogP contribution in [0.3, 0.4) is 0 Å². The maximum absolute atomic E-state index is 12.3. The Bertz CT molecular complexity index is 1140. The van der Waals surface area contributed by atoms with Crippen LogP contribution >= 0.6 is 23.1 Å². The molecule has 1 N–H and O–H groups in total. The Kier molecular flexibility index (Phi) is 4.06. The zero-order valence-corrected chi connectivity index (χ0v) is 14.8. The molecular weight excluding hydrogens is 358 g/mol. The Hall–Kier alpha value is -2.58. The molecule has 2 aromatic heterocycles. The second-order valence-electron chi connectivity index (χ2n) is 5.34. The number of hydrogen-bond donors (Lipinski definition) is 1. The molecule has 0 aliphatic heterocycles. The van der Waals surface area contributed by atoms with Crippen molar-refractivity contribution in [2.45, 2.75) is 10.9 Å². The van der Waals surface area contributed by atoms with Crippen LogP contribution in [0, 0.1) is 0 Å². The second kappa shape index (κ2) is 6.38. The highest BCUT2D eigenvalue weighted by atomic mass is 32.2. The molecule has 0 radical (unpaired) electrons. The number of aromatic nitrogens is 2. The molecular formula is C17H13N3O3S2. The number of oxazole rings is 1. The minimum absolute atomic E-state index is 0.105. The van der Waals surface area contributed by atoms with Crippen LogP contribution in [0.15, 0.2) is 56.0 Å². The maximum Gasteiger partial charge on any atom is 0.420 e. The van der Waals surface area contributed by atoms with Crippen molar-refractivity contribution in [1.29, 1.82) is 0 Å². The fraction of sp³-hybridized carbons (Fsp3) is 0.118. The van der Waals surface area contributed by atoms with E-state index in [-0.39, 0.29) is 12.5 Å². The molecule has 6 nitrogen and oxygen atoms in total. The quantitative estimate of drug-likeness (QED) is 0.555. The van der Waals surface area contributed by atoms with Crippen molar-refractivity contribution >= 4 is 56.0 Å². The summed E-state index contributed by atoms with van der Waals surface area (Å²) < 4.78 is 8.45. The summed E-state index contributed by atoms with van der Waals surface area (Å²) in [6.45, 7) is -0.105. The average molecular weight is 371 g/mol. The van der Waals surface area contributed by atoms with Gasteiger partial charge in [0.25, 0.3) is 0 Å². The second-order valence-corrected chi connectivity index (χ2v) is 7.42. The third-order valence-corrected chi connectivity index (χ3v) is 5.71. The molecule has 0 bridgehead atoms. The fourth-order valence-electron chi connectivity index (χ4n) is 2.58. The number of nitrogens with one attached hydrogen (secondary N) is 1. The van der Waals surface area contributed by atoms with Gasteiger partial charge in [-0.25, -0.2) is 9.78 Å². The van der Waals surface area contributed by atoms with Gasteiger partial charge in [-0.2, -0.15) is 0 Å². The Morgan fingerprint density at radius 2 is 2.16 bits per heavy atom. The molecule has 1 amide bonds. The van der Waals surface area contributed by atoms with E-state index in [9.17, 15) is 9.59 Å². The topological polar surface area (TPSA) is 77.1 Å². The van der Waals surface area contributed by atoms with Gasteiger partial charge < -0.3 is 9.73 Å². The highest BCUT2D eigenvalue weighted by Crippen LogP contribution is 2.30. The fourth-order valence-corrected chi connectivity index (χ4v) is 4.10. The monoisotopic (exact) mass is 371 g/mol. The van der Waals surface area contributed by atoms with Gasteiger partial charge in [0.15, 0.2) is 9.92 Å². The van der Waals surface area contributed by atoms with Gasteiger partial charge in [0.05, 0.1) is 15.7 Å². The molecule has 0 saturated carbocycles. The first-order chi connectivity index (χ1) is 12.1. The van der Waals surface area contributed by atoms with Gasteiger partial charge in [-0.15, -0.1) is 11.3 Å². The number of benzene rings is 2. The number of thioether (sulfide) groups is 1. The molecule has 0 aliphatic rings. The first-order valence-electron chi connectivity index (χ1n) is 7.47. The van der Waals surface area contributed by atoms with Gasteiger partial charge in [0.1, 0.15) is 6.54 Å². The van der Waals surface area contributed by atoms with Crippen molar-refractivity contribution < 1.29 is 9.21 Å². The molecule has 0 spiro atoms. The number of nitrogens with zero attached hydrogens (tertiary/aromatic N) is 2. The van der Waals surface area contributed by atoms with Crippen LogP contribution in [0.1, 0.15) is 0 Å². The number of carbonyl (C=O) groups is 1. The minimum Gasteiger partial charge on any atom is -0.408 e. The standard InChI is InChI=1S/C17H13N3O3S2/c1-24-16-19-11-7-6-10(8-14(11)25-16)18-15(21)9-20-12-4-2-3-5-13(12)23-17(20)22/h2-8H,9H2,1H3,(H,18,21).